The van der Waals surface area contributed by atoms with Gasteiger partial charge in [0.2, 0.25) is 11.2 Å². The predicted molar refractivity (Wildman–Crippen MR) is 113 cm³/mol. The molecule has 0 saturated carbocycles. The highest BCUT2D eigenvalue weighted by atomic mass is 16.5. The molecule has 6 nitrogen and oxygen atoms in total. The maximum Gasteiger partial charge on any atom is 0.238 e. The van der Waals surface area contributed by atoms with E-state index in [0.29, 0.717) is 28.4 Å². The summed E-state index contributed by atoms with van der Waals surface area (Å²) in [5.74, 6) is 0.885. The van der Waals surface area contributed by atoms with Gasteiger partial charge in [0.15, 0.2) is 17.3 Å². The van der Waals surface area contributed by atoms with Gasteiger partial charge in [0, 0.05) is 5.56 Å². The monoisotopic (exact) mass is 404 g/mol. The third-order valence-electron chi connectivity index (χ3n) is 4.74. The van der Waals surface area contributed by atoms with Crippen LogP contribution < -0.4 is 19.6 Å². The summed E-state index contributed by atoms with van der Waals surface area (Å²) in [6.07, 6.45) is 0. The molecule has 0 fully saturated rings. The summed E-state index contributed by atoms with van der Waals surface area (Å²) in [6, 6.07) is 19.7. The zero-order valence-electron chi connectivity index (χ0n) is 16.5. The van der Waals surface area contributed by atoms with Gasteiger partial charge >= 0.3 is 0 Å². The lowest BCUT2D eigenvalue weighted by molar-refractivity contribution is 0.309. The highest BCUT2D eigenvalue weighted by molar-refractivity contribution is 5.87. The molecule has 0 aliphatic heterocycles. The molecule has 30 heavy (non-hydrogen) atoms. The van der Waals surface area contributed by atoms with Crippen LogP contribution in [0.3, 0.4) is 0 Å². The van der Waals surface area contributed by atoms with Gasteiger partial charge in [0.1, 0.15) is 23.3 Å². The van der Waals surface area contributed by atoms with E-state index in [4.69, 9.17) is 18.6 Å². The Balaban J connectivity index is 1.78. The van der Waals surface area contributed by atoms with Gasteiger partial charge in [0.25, 0.3) is 0 Å². The van der Waals surface area contributed by atoms with Crippen molar-refractivity contribution in [2.45, 2.75) is 6.61 Å². The third-order valence-corrected chi connectivity index (χ3v) is 4.74. The first-order valence-corrected chi connectivity index (χ1v) is 9.30. The summed E-state index contributed by atoms with van der Waals surface area (Å²) in [4.78, 5) is 13.0. The van der Waals surface area contributed by atoms with Crippen LogP contribution in [0.1, 0.15) is 5.56 Å². The first-order valence-electron chi connectivity index (χ1n) is 9.30. The van der Waals surface area contributed by atoms with E-state index in [1.807, 2.05) is 30.3 Å². The predicted octanol–water partition coefficient (Wildman–Crippen LogP) is 4.76. The van der Waals surface area contributed by atoms with Crippen molar-refractivity contribution in [1.29, 1.82) is 0 Å². The number of methoxy groups -OCH3 is 2. The largest absolute Gasteiger partial charge is 0.502 e. The molecule has 4 rings (SSSR count). The van der Waals surface area contributed by atoms with Crippen LogP contribution in [0.5, 0.6) is 23.0 Å². The molecule has 0 aliphatic carbocycles. The maximum atomic E-state index is 13.0. The molecule has 4 aromatic rings. The molecular weight excluding hydrogens is 384 g/mol. The fourth-order valence-corrected chi connectivity index (χ4v) is 3.23. The Morgan fingerprint density at radius 3 is 2.37 bits per heavy atom. The molecule has 0 bridgehead atoms. The van der Waals surface area contributed by atoms with E-state index in [1.165, 1.54) is 14.2 Å². The Labute approximate surface area is 172 Å². The van der Waals surface area contributed by atoms with Crippen molar-refractivity contribution in [3.05, 3.63) is 82.5 Å². The zero-order valence-corrected chi connectivity index (χ0v) is 16.5. The molecule has 3 aromatic carbocycles. The molecule has 1 aromatic heterocycles. The fourth-order valence-electron chi connectivity index (χ4n) is 3.23. The quantitative estimate of drug-likeness (QED) is 0.499. The molecule has 6 heteroatoms. The second kappa shape index (κ2) is 8.21. The second-order valence-corrected chi connectivity index (χ2v) is 6.58. The van der Waals surface area contributed by atoms with Gasteiger partial charge in [-0.1, -0.05) is 36.4 Å². The van der Waals surface area contributed by atoms with Gasteiger partial charge in [-0.15, -0.1) is 0 Å². The lowest BCUT2D eigenvalue weighted by Crippen LogP contribution is -2.06. The SMILES string of the molecule is COc1ccc(-c2oc3cccc(OCc4ccccc4)c3c(=O)c2O)cc1OC. The summed E-state index contributed by atoms with van der Waals surface area (Å²) in [7, 11) is 3.04. The standard InChI is InChI=1S/C24H20O6/c1-27-17-12-11-16(13-20(17)28-2)24-23(26)22(25)21-18(9-6-10-19(21)30-24)29-14-15-7-4-3-5-8-15/h3-13,26H,14H2,1-2H3. The van der Waals surface area contributed by atoms with Gasteiger partial charge in [-0.3, -0.25) is 4.79 Å². The molecule has 1 heterocycles. The number of fused-ring (bicyclic) bond motifs is 1. The van der Waals surface area contributed by atoms with Crippen molar-refractivity contribution in [3.8, 4) is 34.3 Å². The van der Waals surface area contributed by atoms with Gasteiger partial charge in [0.05, 0.1) is 14.2 Å². The number of hydrogen-bond acceptors (Lipinski definition) is 6. The summed E-state index contributed by atoms with van der Waals surface area (Å²) in [5.41, 5.74) is 1.20. The Morgan fingerprint density at radius 2 is 1.63 bits per heavy atom. The van der Waals surface area contributed by atoms with E-state index in [1.54, 1.807) is 36.4 Å². The summed E-state index contributed by atoms with van der Waals surface area (Å²) < 4.78 is 22.3. The summed E-state index contributed by atoms with van der Waals surface area (Å²) >= 11 is 0. The summed E-state index contributed by atoms with van der Waals surface area (Å²) in [6.45, 7) is 0.289. The van der Waals surface area contributed by atoms with E-state index in [0.717, 1.165) is 5.56 Å². The highest BCUT2D eigenvalue weighted by Crippen LogP contribution is 2.37. The number of benzene rings is 3. The van der Waals surface area contributed by atoms with Crippen LogP contribution in [0, 0.1) is 0 Å². The van der Waals surface area contributed by atoms with E-state index in [-0.39, 0.29) is 17.8 Å². The molecule has 0 spiro atoms. The van der Waals surface area contributed by atoms with E-state index >= 15 is 0 Å². The van der Waals surface area contributed by atoms with E-state index < -0.39 is 11.2 Å². The smallest absolute Gasteiger partial charge is 0.238 e. The van der Waals surface area contributed by atoms with E-state index in [9.17, 15) is 9.90 Å². The lowest BCUT2D eigenvalue weighted by Gasteiger charge is -2.12. The highest BCUT2D eigenvalue weighted by Gasteiger charge is 2.19. The number of hydrogen-bond donors (Lipinski definition) is 1. The maximum absolute atomic E-state index is 13.0. The average Bonchev–Trinajstić information content (AvgIpc) is 2.80. The Bertz CT molecular complexity index is 1240. The fraction of sp³-hybridized carbons (Fsp3) is 0.125. The Hall–Kier alpha value is -3.93. The average molecular weight is 404 g/mol. The van der Waals surface area contributed by atoms with Crippen LogP contribution >= 0.6 is 0 Å². The zero-order chi connectivity index (χ0) is 21.1. The molecule has 1 N–H and O–H groups in total. The number of aromatic hydroxyl groups is 1. The molecule has 0 aliphatic rings. The third kappa shape index (κ3) is 3.55. The number of ether oxygens (including phenoxy) is 3. The Kier molecular flexibility index (Phi) is 5.30. The molecule has 0 radical (unpaired) electrons. The molecule has 152 valence electrons. The summed E-state index contributed by atoms with van der Waals surface area (Å²) in [5, 5.41) is 10.8. The molecule has 0 amide bonds. The van der Waals surface area contributed by atoms with Crippen molar-refractivity contribution < 1.29 is 23.7 Å². The van der Waals surface area contributed by atoms with Crippen molar-refractivity contribution in [2.24, 2.45) is 0 Å². The topological polar surface area (TPSA) is 78.1 Å². The molecule has 0 unspecified atom stereocenters. The molecule has 0 atom stereocenters. The van der Waals surface area contributed by atoms with Crippen molar-refractivity contribution in [1.82, 2.24) is 0 Å². The minimum absolute atomic E-state index is 0.0497. The van der Waals surface area contributed by atoms with Gasteiger partial charge in [-0.05, 0) is 35.9 Å². The van der Waals surface area contributed by atoms with Crippen LogP contribution in [0.4, 0.5) is 0 Å². The van der Waals surface area contributed by atoms with Gasteiger partial charge < -0.3 is 23.7 Å². The molecule has 0 saturated heterocycles. The van der Waals surface area contributed by atoms with Gasteiger partial charge in [-0.25, -0.2) is 0 Å². The van der Waals surface area contributed by atoms with Crippen LogP contribution in [-0.2, 0) is 6.61 Å². The van der Waals surface area contributed by atoms with Gasteiger partial charge in [-0.2, -0.15) is 0 Å². The Morgan fingerprint density at radius 1 is 0.867 bits per heavy atom. The first kappa shape index (κ1) is 19.4. The number of rotatable bonds is 6. The normalized spacial score (nSPS) is 10.7. The first-order chi connectivity index (χ1) is 14.6. The minimum Gasteiger partial charge on any atom is -0.502 e. The van der Waals surface area contributed by atoms with Crippen LogP contribution in [0.2, 0.25) is 0 Å². The minimum atomic E-state index is -0.565. The molecular formula is C24H20O6. The lowest BCUT2D eigenvalue weighted by atomic mass is 10.1. The second-order valence-electron chi connectivity index (χ2n) is 6.58. The van der Waals surface area contributed by atoms with Crippen LogP contribution in [-0.4, -0.2) is 19.3 Å². The van der Waals surface area contributed by atoms with E-state index in [2.05, 4.69) is 0 Å². The van der Waals surface area contributed by atoms with Crippen molar-refractivity contribution in [3.63, 3.8) is 0 Å². The van der Waals surface area contributed by atoms with Crippen LogP contribution in [0.25, 0.3) is 22.3 Å². The van der Waals surface area contributed by atoms with Crippen LogP contribution in [0.15, 0.2) is 75.9 Å². The van der Waals surface area contributed by atoms with Crippen molar-refractivity contribution >= 4 is 11.0 Å². The van der Waals surface area contributed by atoms with Crippen molar-refractivity contribution in [2.75, 3.05) is 14.2 Å².